The van der Waals surface area contributed by atoms with Crippen LogP contribution in [0.4, 0.5) is 0 Å². The first-order chi connectivity index (χ1) is 11.6. The summed E-state index contributed by atoms with van der Waals surface area (Å²) in [6.07, 6.45) is 4.42. The van der Waals surface area contributed by atoms with Gasteiger partial charge in [0.25, 0.3) is 0 Å². The average molecular weight is 463 g/mol. The summed E-state index contributed by atoms with van der Waals surface area (Å²) in [5, 5.41) is 6.72. The molecule has 0 radical (unpaired) electrons. The lowest BCUT2D eigenvalue weighted by atomic mass is 10.1. The molecule has 0 aliphatic heterocycles. The molecule has 1 rings (SSSR count). The quantitative estimate of drug-likeness (QED) is 0.240. The first-order valence-corrected chi connectivity index (χ1v) is 8.76. The van der Waals surface area contributed by atoms with Crippen molar-refractivity contribution < 1.29 is 9.47 Å². The number of rotatable bonds is 10. The summed E-state index contributed by atoms with van der Waals surface area (Å²) in [5.41, 5.74) is 1.24. The van der Waals surface area contributed by atoms with E-state index in [1.54, 1.807) is 14.2 Å². The molecule has 0 atom stereocenters. The first kappa shape index (κ1) is 23.8. The minimum absolute atomic E-state index is 0. The summed E-state index contributed by atoms with van der Waals surface area (Å²) in [6, 6.07) is 6.08. The van der Waals surface area contributed by atoms with Gasteiger partial charge in [0.15, 0.2) is 17.5 Å². The Morgan fingerprint density at radius 1 is 1.04 bits per heavy atom. The topological polar surface area (TPSA) is 54.9 Å². The van der Waals surface area contributed by atoms with Crippen LogP contribution < -0.4 is 20.1 Å². The third kappa shape index (κ3) is 9.77. The van der Waals surface area contributed by atoms with Crippen LogP contribution in [0.25, 0.3) is 0 Å². The Bertz CT molecular complexity index is 507. The van der Waals surface area contributed by atoms with Crippen molar-refractivity contribution in [2.24, 2.45) is 10.9 Å². The normalized spacial score (nSPS) is 11.0. The van der Waals surface area contributed by atoms with Crippen molar-refractivity contribution in [3.05, 3.63) is 23.8 Å². The highest BCUT2D eigenvalue weighted by Crippen LogP contribution is 2.27. The van der Waals surface area contributed by atoms with Gasteiger partial charge in [-0.15, -0.1) is 24.0 Å². The molecular formula is C19H34IN3O2. The van der Waals surface area contributed by atoms with E-state index < -0.39 is 0 Å². The fourth-order valence-corrected chi connectivity index (χ4v) is 2.47. The highest BCUT2D eigenvalue weighted by Gasteiger charge is 2.04. The number of nitrogens with zero attached hydrogens (tertiary/aromatic N) is 1. The van der Waals surface area contributed by atoms with Gasteiger partial charge in [0.1, 0.15) is 0 Å². The van der Waals surface area contributed by atoms with Gasteiger partial charge in [0.2, 0.25) is 0 Å². The van der Waals surface area contributed by atoms with E-state index in [9.17, 15) is 0 Å². The van der Waals surface area contributed by atoms with Crippen molar-refractivity contribution in [3.8, 4) is 11.5 Å². The van der Waals surface area contributed by atoms with Gasteiger partial charge >= 0.3 is 0 Å². The van der Waals surface area contributed by atoms with Gasteiger partial charge in [0, 0.05) is 20.1 Å². The van der Waals surface area contributed by atoms with Gasteiger partial charge in [-0.05, 0) is 49.3 Å². The second-order valence-corrected chi connectivity index (χ2v) is 6.25. The molecule has 0 unspecified atom stereocenters. The summed E-state index contributed by atoms with van der Waals surface area (Å²) < 4.78 is 10.6. The summed E-state index contributed by atoms with van der Waals surface area (Å²) in [5.74, 6) is 3.19. The van der Waals surface area contributed by atoms with E-state index in [4.69, 9.17) is 9.47 Å². The Balaban J connectivity index is 0.00000576. The SMILES string of the molecule is CN=C(NCCCc1ccc(OC)c(OC)c1)NCCCC(C)C.I. The average Bonchev–Trinajstić information content (AvgIpc) is 2.59. The summed E-state index contributed by atoms with van der Waals surface area (Å²) in [7, 11) is 5.13. The van der Waals surface area contributed by atoms with Crippen LogP contribution in [0.3, 0.4) is 0 Å². The van der Waals surface area contributed by atoms with Crippen LogP contribution in [0.5, 0.6) is 11.5 Å². The zero-order valence-corrected chi connectivity index (χ0v) is 18.6. The number of hydrogen-bond donors (Lipinski definition) is 2. The van der Waals surface area contributed by atoms with Crippen LogP contribution in [0.1, 0.15) is 38.7 Å². The Hall–Kier alpha value is -1.18. The zero-order chi connectivity index (χ0) is 17.8. The monoisotopic (exact) mass is 463 g/mol. The Morgan fingerprint density at radius 3 is 2.24 bits per heavy atom. The van der Waals surface area contributed by atoms with Crippen molar-refractivity contribution in [1.82, 2.24) is 10.6 Å². The van der Waals surface area contributed by atoms with Crippen molar-refractivity contribution in [3.63, 3.8) is 0 Å². The van der Waals surface area contributed by atoms with E-state index in [2.05, 4.69) is 35.5 Å². The van der Waals surface area contributed by atoms with Crippen LogP contribution in [0.15, 0.2) is 23.2 Å². The summed E-state index contributed by atoms with van der Waals surface area (Å²) in [4.78, 5) is 4.26. The number of guanidine groups is 1. The van der Waals surface area contributed by atoms with Crippen molar-refractivity contribution in [2.75, 3.05) is 34.4 Å². The van der Waals surface area contributed by atoms with Crippen LogP contribution >= 0.6 is 24.0 Å². The maximum absolute atomic E-state index is 5.34. The number of benzene rings is 1. The van der Waals surface area contributed by atoms with Crippen LogP contribution in [-0.2, 0) is 6.42 Å². The lowest BCUT2D eigenvalue weighted by molar-refractivity contribution is 0.354. The minimum Gasteiger partial charge on any atom is -0.493 e. The molecule has 144 valence electrons. The molecule has 0 amide bonds. The maximum Gasteiger partial charge on any atom is 0.190 e. The summed E-state index contributed by atoms with van der Waals surface area (Å²) in [6.45, 7) is 6.36. The molecule has 0 heterocycles. The Morgan fingerprint density at radius 2 is 1.68 bits per heavy atom. The van der Waals surface area contributed by atoms with E-state index in [-0.39, 0.29) is 24.0 Å². The van der Waals surface area contributed by atoms with Crippen molar-refractivity contribution in [2.45, 2.75) is 39.5 Å². The molecule has 0 aromatic heterocycles. The smallest absolute Gasteiger partial charge is 0.190 e. The molecule has 6 heteroatoms. The van der Waals surface area contributed by atoms with Gasteiger partial charge in [-0.25, -0.2) is 0 Å². The number of halogens is 1. The van der Waals surface area contributed by atoms with E-state index in [0.717, 1.165) is 49.3 Å². The molecule has 0 saturated heterocycles. The van der Waals surface area contributed by atoms with Gasteiger partial charge in [-0.1, -0.05) is 19.9 Å². The van der Waals surface area contributed by atoms with Gasteiger partial charge in [0.05, 0.1) is 14.2 Å². The van der Waals surface area contributed by atoms with Gasteiger partial charge in [-0.3, -0.25) is 4.99 Å². The van der Waals surface area contributed by atoms with Crippen LogP contribution in [0.2, 0.25) is 0 Å². The van der Waals surface area contributed by atoms with Crippen LogP contribution in [-0.4, -0.2) is 40.3 Å². The number of ether oxygens (including phenoxy) is 2. The van der Waals surface area contributed by atoms with Crippen molar-refractivity contribution >= 4 is 29.9 Å². The Kier molecular flexibility index (Phi) is 13.4. The molecule has 0 bridgehead atoms. The minimum atomic E-state index is 0. The molecule has 0 saturated carbocycles. The van der Waals surface area contributed by atoms with Crippen molar-refractivity contribution in [1.29, 1.82) is 0 Å². The second kappa shape index (κ2) is 14.0. The molecule has 1 aromatic carbocycles. The molecule has 2 N–H and O–H groups in total. The predicted octanol–water partition coefficient (Wildman–Crippen LogP) is 3.86. The number of methoxy groups -OCH3 is 2. The van der Waals surface area contributed by atoms with E-state index in [1.165, 1.54) is 18.4 Å². The van der Waals surface area contributed by atoms with E-state index in [0.29, 0.717) is 0 Å². The number of nitrogens with one attached hydrogen (secondary N) is 2. The standard InChI is InChI=1S/C19H33N3O2.HI/c1-15(2)8-6-12-21-19(20-3)22-13-7-9-16-10-11-17(23-4)18(14-16)24-5;/h10-11,14-15H,6-9,12-13H2,1-5H3,(H2,20,21,22);1H. The zero-order valence-electron chi connectivity index (χ0n) is 16.2. The lowest BCUT2D eigenvalue weighted by Gasteiger charge is -2.13. The molecule has 0 fully saturated rings. The highest BCUT2D eigenvalue weighted by molar-refractivity contribution is 14.0. The molecule has 0 spiro atoms. The molecule has 25 heavy (non-hydrogen) atoms. The molecule has 1 aromatic rings. The number of aliphatic imine (C=N–C) groups is 1. The molecule has 5 nitrogen and oxygen atoms in total. The van der Waals surface area contributed by atoms with Gasteiger partial charge in [-0.2, -0.15) is 0 Å². The third-order valence-electron chi connectivity index (χ3n) is 3.86. The molecular weight excluding hydrogens is 429 g/mol. The number of aryl methyl sites for hydroxylation is 1. The van der Waals surface area contributed by atoms with Gasteiger partial charge < -0.3 is 20.1 Å². The summed E-state index contributed by atoms with van der Waals surface area (Å²) >= 11 is 0. The lowest BCUT2D eigenvalue weighted by Crippen LogP contribution is -2.38. The third-order valence-corrected chi connectivity index (χ3v) is 3.86. The largest absolute Gasteiger partial charge is 0.493 e. The first-order valence-electron chi connectivity index (χ1n) is 8.76. The fraction of sp³-hybridized carbons (Fsp3) is 0.632. The molecule has 0 aliphatic rings. The van der Waals surface area contributed by atoms with E-state index in [1.807, 2.05) is 19.2 Å². The van der Waals surface area contributed by atoms with Crippen LogP contribution in [0, 0.1) is 5.92 Å². The predicted molar refractivity (Wildman–Crippen MR) is 117 cm³/mol. The number of hydrogen-bond acceptors (Lipinski definition) is 3. The highest BCUT2D eigenvalue weighted by atomic mass is 127. The maximum atomic E-state index is 5.34. The Labute approximate surface area is 170 Å². The fourth-order valence-electron chi connectivity index (χ4n) is 2.47. The molecule has 0 aliphatic carbocycles. The van der Waals surface area contributed by atoms with E-state index >= 15 is 0 Å². The second-order valence-electron chi connectivity index (χ2n) is 6.25.